The molecule has 0 atom stereocenters. The molecule has 0 aliphatic rings. The van der Waals surface area contributed by atoms with E-state index in [1.165, 1.54) is 0 Å². The van der Waals surface area contributed by atoms with Crippen LogP contribution in [-0.2, 0) is 11.2 Å². The molecule has 14 heavy (non-hydrogen) atoms. The average molecular weight is 216 g/mol. The zero-order valence-electron chi connectivity index (χ0n) is 8.23. The van der Waals surface area contributed by atoms with E-state index in [-0.39, 0.29) is 18.8 Å². The molecular weight excluding hydrogens is 202 g/mol. The monoisotopic (exact) mass is 215 g/mol. The highest BCUT2D eigenvalue weighted by Crippen LogP contribution is 2.13. The zero-order chi connectivity index (χ0) is 9.84. The number of halogens is 1. The van der Waals surface area contributed by atoms with Gasteiger partial charge in [-0.25, -0.2) is 0 Å². The SMILES string of the molecule is CC(C)c1ccnc(CC(=O)O)c1.Cl. The summed E-state index contributed by atoms with van der Waals surface area (Å²) in [6, 6.07) is 3.76. The number of hydrogen-bond donors (Lipinski definition) is 1. The first-order valence-corrected chi connectivity index (χ1v) is 4.26. The Bertz CT molecular complexity index is 313. The molecule has 3 nitrogen and oxygen atoms in total. The van der Waals surface area contributed by atoms with Crippen molar-refractivity contribution in [3.8, 4) is 0 Å². The van der Waals surface area contributed by atoms with Crippen molar-refractivity contribution in [1.82, 2.24) is 4.98 Å². The Morgan fingerprint density at radius 3 is 2.71 bits per heavy atom. The summed E-state index contributed by atoms with van der Waals surface area (Å²) in [6.45, 7) is 4.14. The Balaban J connectivity index is 0.00000169. The predicted molar refractivity (Wildman–Crippen MR) is 56.9 cm³/mol. The summed E-state index contributed by atoms with van der Waals surface area (Å²) < 4.78 is 0. The maximum atomic E-state index is 10.4. The second-order valence-corrected chi connectivity index (χ2v) is 3.31. The van der Waals surface area contributed by atoms with Gasteiger partial charge in [-0.2, -0.15) is 0 Å². The molecule has 0 saturated carbocycles. The van der Waals surface area contributed by atoms with E-state index in [2.05, 4.69) is 18.8 Å². The minimum Gasteiger partial charge on any atom is -0.481 e. The third-order valence-corrected chi connectivity index (χ3v) is 1.84. The van der Waals surface area contributed by atoms with Crippen LogP contribution in [0, 0.1) is 0 Å². The maximum absolute atomic E-state index is 10.4. The van der Waals surface area contributed by atoms with Crippen molar-refractivity contribution >= 4 is 18.4 Å². The number of hydrogen-bond acceptors (Lipinski definition) is 2. The smallest absolute Gasteiger partial charge is 0.309 e. The van der Waals surface area contributed by atoms with E-state index in [0.717, 1.165) is 5.56 Å². The lowest BCUT2D eigenvalue weighted by atomic mass is 10.0. The van der Waals surface area contributed by atoms with Gasteiger partial charge >= 0.3 is 5.97 Å². The van der Waals surface area contributed by atoms with Crippen LogP contribution in [0.15, 0.2) is 18.3 Å². The van der Waals surface area contributed by atoms with E-state index < -0.39 is 5.97 Å². The van der Waals surface area contributed by atoms with Crippen molar-refractivity contribution in [2.75, 3.05) is 0 Å². The molecule has 0 aliphatic heterocycles. The predicted octanol–water partition coefficient (Wildman–Crippen LogP) is 2.25. The Hall–Kier alpha value is -1.09. The molecule has 0 unspecified atom stereocenters. The van der Waals surface area contributed by atoms with Gasteiger partial charge in [0.15, 0.2) is 0 Å². The lowest BCUT2D eigenvalue weighted by molar-refractivity contribution is -0.136. The van der Waals surface area contributed by atoms with Crippen LogP contribution in [0.2, 0.25) is 0 Å². The molecule has 0 aliphatic carbocycles. The average Bonchev–Trinajstić information content (AvgIpc) is 2.03. The van der Waals surface area contributed by atoms with Gasteiger partial charge in [-0.1, -0.05) is 13.8 Å². The Kier molecular flexibility index (Phi) is 5.16. The summed E-state index contributed by atoms with van der Waals surface area (Å²) in [7, 11) is 0. The van der Waals surface area contributed by atoms with Gasteiger partial charge in [-0.05, 0) is 23.6 Å². The molecule has 0 fully saturated rings. The van der Waals surface area contributed by atoms with Gasteiger partial charge < -0.3 is 5.11 Å². The van der Waals surface area contributed by atoms with Gasteiger partial charge in [0.25, 0.3) is 0 Å². The molecule has 1 rings (SSSR count). The van der Waals surface area contributed by atoms with Crippen LogP contribution in [0.3, 0.4) is 0 Å². The molecule has 1 heterocycles. The van der Waals surface area contributed by atoms with Gasteiger partial charge in [-0.3, -0.25) is 9.78 Å². The summed E-state index contributed by atoms with van der Waals surface area (Å²) in [4.78, 5) is 14.4. The number of aromatic nitrogens is 1. The quantitative estimate of drug-likeness (QED) is 0.842. The van der Waals surface area contributed by atoms with Crippen LogP contribution in [0.25, 0.3) is 0 Å². The molecule has 0 saturated heterocycles. The van der Waals surface area contributed by atoms with E-state index in [4.69, 9.17) is 5.11 Å². The minimum absolute atomic E-state index is 0. The number of pyridine rings is 1. The molecule has 0 aromatic carbocycles. The highest BCUT2D eigenvalue weighted by molar-refractivity contribution is 5.85. The summed E-state index contributed by atoms with van der Waals surface area (Å²) in [5, 5.41) is 8.56. The third-order valence-electron chi connectivity index (χ3n) is 1.84. The van der Waals surface area contributed by atoms with Crippen LogP contribution >= 0.6 is 12.4 Å². The number of nitrogens with zero attached hydrogens (tertiary/aromatic N) is 1. The summed E-state index contributed by atoms with van der Waals surface area (Å²) in [5.41, 5.74) is 1.75. The van der Waals surface area contributed by atoms with Gasteiger partial charge in [-0.15, -0.1) is 12.4 Å². The topological polar surface area (TPSA) is 50.2 Å². The lowest BCUT2D eigenvalue weighted by Crippen LogP contribution is -2.03. The first-order chi connectivity index (χ1) is 6.09. The van der Waals surface area contributed by atoms with Gasteiger partial charge in [0, 0.05) is 6.20 Å². The summed E-state index contributed by atoms with van der Waals surface area (Å²) in [6.07, 6.45) is 1.66. The number of aliphatic carboxylic acids is 1. The van der Waals surface area contributed by atoms with Crippen LogP contribution < -0.4 is 0 Å². The fraction of sp³-hybridized carbons (Fsp3) is 0.400. The van der Waals surface area contributed by atoms with Crippen LogP contribution in [0.1, 0.15) is 31.0 Å². The first kappa shape index (κ1) is 12.9. The fourth-order valence-electron chi connectivity index (χ4n) is 1.11. The number of carboxylic acids is 1. The fourth-order valence-corrected chi connectivity index (χ4v) is 1.11. The van der Waals surface area contributed by atoms with E-state index in [1.807, 2.05) is 12.1 Å². The molecule has 0 spiro atoms. The number of rotatable bonds is 3. The van der Waals surface area contributed by atoms with Gasteiger partial charge in [0.2, 0.25) is 0 Å². The van der Waals surface area contributed by atoms with E-state index in [9.17, 15) is 4.79 Å². The van der Waals surface area contributed by atoms with Crippen LogP contribution in [0.4, 0.5) is 0 Å². The van der Waals surface area contributed by atoms with Crippen molar-refractivity contribution in [2.24, 2.45) is 0 Å². The number of carbonyl (C=O) groups is 1. The van der Waals surface area contributed by atoms with Crippen molar-refractivity contribution < 1.29 is 9.90 Å². The van der Waals surface area contributed by atoms with E-state index in [0.29, 0.717) is 11.6 Å². The van der Waals surface area contributed by atoms with E-state index >= 15 is 0 Å². The molecule has 0 radical (unpaired) electrons. The van der Waals surface area contributed by atoms with Gasteiger partial charge in [0.1, 0.15) is 0 Å². The second kappa shape index (κ2) is 5.60. The van der Waals surface area contributed by atoms with Crippen molar-refractivity contribution in [2.45, 2.75) is 26.2 Å². The standard InChI is InChI=1S/C10H13NO2.ClH/c1-7(2)8-3-4-11-9(5-8)6-10(12)13;/h3-5,7H,6H2,1-2H3,(H,12,13);1H. The van der Waals surface area contributed by atoms with Crippen molar-refractivity contribution in [3.05, 3.63) is 29.6 Å². The minimum atomic E-state index is -0.839. The molecule has 78 valence electrons. The molecule has 1 N–H and O–H groups in total. The van der Waals surface area contributed by atoms with E-state index in [1.54, 1.807) is 6.20 Å². The third kappa shape index (κ3) is 3.75. The summed E-state index contributed by atoms with van der Waals surface area (Å²) in [5.74, 6) is -0.427. The Morgan fingerprint density at radius 1 is 1.57 bits per heavy atom. The molecule has 0 amide bonds. The largest absolute Gasteiger partial charge is 0.481 e. The Morgan fingerprint density at radius 2 is 2.21 bits per heavy atom. The zero-order valence-corrected chi connectivity index (χ0v) is 9.04. The molecule has 4 heteroatoms. The molecule has 1 aromatic rings. The summed E-state index contributed by atoms with van der Waals surface area (Å²) >= 11 is 0. The molecule has 1 aromatic heterocycles. The molecule has 0 bridgehead atoms. The first-order valence-electron chi connectivity index (χ1n) is 4.26. The van der Waals surface area contributed by atoms with Gasteiger partial charge in [0.05, 0.1) is 12.1 Å². The van der Waals surface area contributed by atoms with Crippen molar-refractivity contribution in [1.29, 1.82) is 0 Å². The lowest BCUT2D eigenvalue weighted by Gasteiger charge is -2.05. The maximum Gasteiger partial charge on any atom is 0.309 e. The normalized spacial score (nSPS) is 9.64. The molecular formula is C10H14ClNO2. The second-order valence-electron chi connectivity index (χ2n) is 3.31. The number of carboxylic acid groups (broad SMARTS) is 1. The Labute approximate surface area is 89.6 Å². The van der Waals surface area contributed by atoms with Crippen LogP contribution in [-0.4, -0.2) is 16.1 Å². The van der Waals surface area contributed by atoms with Crippen molar-refractivity contribution in [3.63, 3.8) is 0 Å². The van der Waals surface area contributed by atoms with Crippen LogP contribution in [0.5, 0.6) is 0 Å². The highest BCUT2D eigenvalue weighted by atomic mass is 35.5. The highest BCUT2D eigenvalue weighted by Gasteiger charge is 2.04.